The highest BCUT2D eigenvalue weighted by molar-refractivity contribution is 7.98. The number of anilines is 1. The molecule has 4 N–H and O–H groups in total. The number of nitrogens with two attached hydrogens (primary N) is 1. The van der Waals surface area contributed by atoms with E-state index in [4.69, 9.17) is 20.6 Å². The quantitative estimate of drug-likeness (QED) is 0.265. The lowest BCUT2D eigenvalue weighted by molar-refractivity contribution is -0.144. The molecule has 2 aromatic rings. The van der Waals surface area contributed by atoms with Gasteiger partial charge in [0.15, 0.2) is 6.04 Å². The van der Waals surface area contributed by atoms with E-state index in [0.717, 1.165) is 21.9 Å². The summed E-state index contributed by atoms with van der Waals surface area (Å²) in [6, 6.07) is 12.0. The van der Waals surface area contributed by atoms with Crippen molar-refractivity contribution in [2.24, 2.45) is 5.73 Å². The van der Waals surface area contributed by atoms with Gasteiger partial charge in [-0.15, -0.1) is 24.2 Å². The molecule has 0 aliphatic heterocycles. The van der Waals surface area contributed by atoms with Crippen molar-refractivity contribution in [3.63, 3.8) is 0 Å². The van der Waals surface area contributed by atoms with Gasteiger partial charge in [-0.3, -0.25) is 5.41 Å². The van der Waals surface area contributed by atoms with Gasteiger partial charge in [-0.1, -0.05) is 6.07 Å². The van der Waals surface area contributed by atoms with E-state index >= 15 is 0 Å². The first-order valence-corrected chi connectivity index (χ1v) is 9.32. The van der Waals surface area contributed by atoms with Crippen LogP contribution in [0.15, 0.2) is 47.4 Å². The number of nitrogens with one attached hydrogen (secondary N) is 2. The highest BCUT2D eigenvalue weighted by Gasteiger charge is 2.23. The third-order valence-electron chi connectivity index (χ3n) is 3.77. The number of thioether (sulfide) groups is 1. The predicted molar refractivity (Wildman–Crippen MR) is 112 cm³/mol. The van der Waals surface area contributed by atoms with Crippen LogP contribution in [0.4, 0.5) is 5.69 Å². The zero-order chi connectivity index (χ0) is 19.1. The number of benzene rings is 2. The molecule has 146 valence electrons. The van der Waals surface area contributed by atoms with Gasteiger partial charge in [0.2, 0.25) is 0 Å². The van der Waals surface area contributed by atoms with Crippen molar-refractivity contribution in [1.29, 1.82) is 5.41 Å². The second-order valence-electron chi connectivity index (χ2n) is 5.43. The standard InChI is InChI=1S/C19H23N3O3S.ClH/c1-4-25-19(23)17(13-7-10-15(24-2)16(11-13)26-3)22-14-8-5-12(6-9-14)18(20)21;/h5-11,17,22H,4H2,1-3H3,(H3,20,21);1H. The Morgan fingerprint density at radius 3 is 2.44 bits per heavy atom. The number of carbonyl (C=O) groups excluding carboxylic acids is 1. The molecule has 0 bridgehead atoms. The fraction of sp³-hybridized carbons (Fsp3) is 0.263. The molecule has 2 rings (SSSR count). The van der Waals surface area contributed by atoms with Crippen LogP contribution in [0.5, 0.6) is 5.75 Å². The molecular formula is C19H24ClN3O3S. The van der Waals surface area contributed by atoms with Gasteiger partial charge in [-0.25, -0.2) is 4.79 Å². The van der Waals surface area contributed by atoms with Crippen LogP contribution in [-0.2, 0) is 9.53 Å². The fourth-order valence-corrected chi connectivity index (χ4v) is 3.06. The summed E-state index contributed by atoms with van der Waals surface area (Å²) in [5.74, 6) is 0.397. The molecule has 0 aliphatic rings. The Hall–Kier alpha value is -2.38. The summed E-state index contributed by atoms with van der Waals surface area (Å²) in [6.45, 7) is 2.07. The average Bonchev–Trinajstić information content (AvgIpc) is 2.66. The summed E-state index contributed by atoms with van der Waals surface area (Å²) in [5.41, 5.74) is 7.61. The Morgan fingerprint density at radius 1 is 1.26 bits per heavy atom. The molecular weight excluding hydrogens is 386 g/mol. The van der Waals surface area contributed by atoms with E-state index in [-0.39, 0.29) is 24.2 Å². The Morgan fingerprint density at radius 2 is 1.93 bits per heavy atom. The molecule has 0 aliphatic carbocycles. The number of amidine groups is 1. The normalized spacial score (nSPS) is 11.1. The minimum absolute atomic E-state index is 0. The molecule has 27 heavy (non-hydrogen) atoms. The van der Waals surface area contributed by atoms with Gasteiger partial charge in [-0.2, -0.15) is 0 Å². The molecule has 0 saturated carbocycles. The second-order valence-corrected chi connectivity index (χ2v) is 6.28. The smallest absolute Gasteiger partial charge is 0.333 e. The monoisotopic (exact) mass is 409 g/mol. The van der Waals surface area contributed by atoms with Crippen molar-refractivity contribution in [1.82, 2.24) is 0 Å². The Bertz CT molecular complexity index is 784. The van der Waals surface area contributed by atoms with Gasteiger partial charge in [0.25, 0.3) is 0 Å². The van der Waals surface area contributed by atoms with Crippen LogP contribution in [0, 0.1) is 5.41 Å². The highest BCUT2D eigenvalue weighted by Crippen LogP contribution is 2.32. The molecule has 0 spiro atoms. The van der Waals surface area contributed by atoms with Crippen LogP contribution in [0.3, 0.4) is 0 Å². The van der Waals surface area contributed by atoms with Crippen molar-refractivity contribution < 1.29 is 14.3 Å². The maximum atomic E-state index is 12.5. The minimum atomic E-state index is -0.657. The molecule has 0 heterocycles. The lowest BCUT2D eigenvalue weighted by atomic mass is 10.1. The van der Waals surface area contributed by atoms with Gasteiger partial charge < -0.3 is 20.5 Å². The first-order valence-electron chi connectivity index (χ1n) is 8.09. The largest absolute Gasteiger partial charge is 0.496 e. The number of esters is 1. The molecule has 1 atom stereocenters. The zero-order valence-electron chi connectivity index (χ0n) is 15.4. The summed E-state index contributed by atoms with van der Waals surface area (Å²) < 4.78 is 10.6. The van der Waals surface area contributed by atoms with E-state index in [9.17, 15) is 4.79 Å². The Labute approximate surface area is 169 Å². The lowest BCUT2D eigenvalue weighted by Crippen LogP contribution is -2.23. The molecule has 8 heteroatoms. The van der Waals surface area contributed by atoms with E-state index in [1.54, 1.807) is 50.1 Å². The van der Waals surface area contributed by atoms with Crippen LogP contribution < -0.4 is 15.8 Å². The molecule has 6 nitrogen and oxygen atoms in total. The van der Waals surface area contributed by atoms with Gasteiger partial charge >= 0.3 is 5.97 Å². The molecule has 0 amide bonds. The van der Waals surface area contributed by atoms with Crippen molar-refractivity contribution in [2.75, 3.05) is 25.3 Å². The number of carbonyl (C=O) groups is 1. The number of ether oxygens (including phenoxy) is 2. The van der Waals surface area contributed by atoms with Crippen molar-refractivity contribution in [3.05, 3.63) is 53.6 Å². The van der Waals surface area contributed by atoms with Crippen LogP contribution >= 0.6 is 24.2 Å². The molecule has 2 aromatic carbocycles. The number of halogens is 1. The Kier molecular flexibility index (Phi) is 8.97. The molecule has 1 unspecified atom stereocenters. The zero-order valence-corrected chi connectivity index (χ0v) is 17.1. The summed E-state index contributed by atoms with van der Waals surface area (Å²) in [7, 11) is 1.62. The van der Waals surface area contributed by atoms with Gasteiger partial charge in [0, 0.05) is 16.1 Å². The van der Waals surface area contributed by atoms with Crippen LogP contribution in [0.1, 0.15) is 24.1 Å². The molecule has 0 radical (unpaired) electrons. The van der Waals surface area contributed by atoms with Crippen molar-refractivity contribution >= 4 is 41.7 Å². The summed E-state index contributed by atoms with van der Waals surface area (Å²) in [6.07, 6.45) is 1.95. The number of methoxy groups -OCH3 is 1. The Balaban J connectivity index is 0.00000364. The van der Waals surface area contributed by atoms with Gasteiger partial charge in [-0.05, 0) is 55.1 Å². The number of hydrogen-bond donors (Lipinski definition) is 3. The SMILES string of the molecule is CCOC(=O)C(Nc1ccc(C(=N)N)cc1)c1ccc(OC)c(SC)c1.Cl. The molecule has 0 saturated heterocycles. The average molecular weight is 410 g/mol. The maximum Gasteiger partial charge on any atom is 0.333 e. The minimum Gasteiger partial charge on any atom is -0.496 e. The first kappa shape index (κ1) is 22.7. The van der Waals surface area contributed by atoms with Crippen LogP contribution in [0.2, 0.25) is 0 Å². The second kappa shape index (κ2) is 10.7. The predicted octanol–water partition coefficient (Wildman–Crippen LogP) is 3.84. The lowest BCUT2D eigenvalue weighted by Gasteiger charge is -2.20. The summed E-state index contributed by atoms with van der Waals surface area (Å²) >= 11 is 1.55. The van der Waals surface area contributed by atoms with E-state index in [1.807, 2.05) is 24.5 Å². The van der Waals surface area contributed by atoms with E-state index in [0.29, 0.717) is 12.2 Å². The van der Waals surface area contributed by atoms with Gasteiger partial charge in [0.1, 0.15) is 11.6 Å². The molecule has 0 fully saturated rings. The van der Waals surface area contributed by atoms with Crippen LogP contribution in [0.25, 0.3) is 0 Å². The van der Waals surface area contributed by atoms with Crippen LogP contribution in [-0.4, -0.2) is 31.8 Å². The maximum absolute atomic E-state index is 12.5. The summed E-state index contributed by atoms with van der Waals surface area (Å²) in [5, 5.41) is 10.7. The fourth-order valence-electron chi connectivity index (χ4n) is 2.45. The van der Waals surface area contributed by atoms with Gasteiger partial charge in [0.05, 0.1) is 13.7 Å². The first-order chi connectivity index (χ1) is 12.5. The van der Waals surface area contributed by atoms with E-state index < -0.39 is 6.04 Å². The highest BCUT2D eigenvalue weighted by atomic mass is 35.5. The van der Waals surface area contributed by atoms with E-state index in [2.05, 4.69) is 5.32 Å². The third kappa shape index (κ3) is 5.80. The van der Waals surface area contributed by atoms with E-state index in [1.165, 1.54) is 0 Å². The molecule has 0 aromatic heterocycles. The number of rotatable bonds is 8. The third-order valence-corrected chi connectivity index (χ3v) is 4.53. The summed E-state index contributed by atoms with van der Waals surface area (Å²) in [4.78, 5) is 13.4. The van der Waals surface area contributed by atoms with Crippen molar-refractivity contribution in [2.45, 2.75) is 17.9 Å². The number of nitrogen functional groups attached to an aromatic ring is 1. The topological polar surface area (TPSA) is 97.4 Å². The van der Waals surface area contributed by atoms with Crippen molar-refractivity contribution in [3.8, 4) is 5.75 Å². The number of hydrogen-bond acceptors (Lipinski definition) is 6.